The summed E-state index contributed by atoms with van der Waals surface area (Å²) in [5, 5.41) is 7.86. The lowest BCUT2D eigenvalue weighted by Gasteiger charge is -2.09. The molecule has 1 rings (SSSR count). The van der Waals surface area contributed by atoms with Crippen LogP contribution in [0.15, 0.2) is 17.2 Å². The molecule has 0 radical (unpaired) electrons. The number of aryl methyl sites for hydroxylation is 1. The van der Waals surface area contributed by atoms with Crippen molar-refractivity contribution in [2.75, 3.05) is 12.4 Å². The molecule has 0 atom stereocenters. The van der Waals surface area contributed by atoms with Gasteiger partial charge in [0.2, 0.25) is 0 Å². The maximum absolute atomic E-state index is 12.4. The minimum atomic E-state index is -4.63. The van der Waals surface area contributed by atoms with Crippen molar-refractivity contribution >= 4 is 9.84 Å². The van der Waals surface area contributed by atoms with Crippen LogP contribution in [-0.4, -0.2) is 30.9 Å². The van der Waals surface area contributed by atoms with Crippen molar-refractivity contribution in [2.24, 2.45) is 0 Å². The van der Waals surface area contributed by atoms with E-state index in [4.69, 9.17) is 5.11 Å². The molecule has 0 aromatic carbocycles. The predicted octanol–water partition coefficient (Wildman–Crippen LogP) is 1.17. The largest absolute Gasteiger partial charge is 0.416 e. The fourth-order valence-electron chi connectivity index (χ4n) is 1.19. The maximum atomic E-state index is 12.4. The molecule has 0 aliphatic carbocycles. The van der Waals surface area contributed by atoms with Gasteiger partial charge in [0.1, 0.15) is 0 Å². The van der Waals surface area contributed by atoms with Crippen molar-refractivity contribution in [3.05, 3.63) is 23.4 Å². The Kier molecular flexibility index (Phi) is 3.78. The van der Waals surface area contributed by atoms with Gasteiger partial charge in [0.05, 0.1) is 17.9 Å². The molecule has 0 amide bonds. The van der Waals surface area contributed by atoms with E-state index in [0.29, 0.717) is 6.07 Å². The third-order valence-corrected chi connectivity index (χ3v) is 3.50. The normalized spacial score (nSPS) is 12.8. The highest BCUT2D eigenvalue weighted by atomic mass is 32.2. The molecule has 0 saturated carbocycles. The van der Waals surface area contributed by atoms with E-state index >= 15 is 0 Å². The Morgan fingerprint density at radius 2 is 1.94 bits per heavy atom. The van der Waals surface area contributed by atoms with Gasteiger partial charge in [0.15, 0.2) is 14.9 Å². The van der Waals surface area contributed by atoms with E-state index in [1.54, 1.807) is 0 Å². The van der Waals surface area contributed by atoms with Crippen molar-refractivity contribution in [2.45, 2.75) is 18.1 Å². The molecule has 1 N–H and O–H groups in total. The van der Waals surface area contributed by atoms with E-state index in [1.165, 1.54) is 6.92 Å². The summed E-state index contributed by atoms with van der Waals surface area (Å²) in [6.07, 6.45) is -4.63. The zero-order valence-corrected chi connectivity index (χ0v) is 9.64. The standard InChI is InChI=1S/C9H10F3NO3S/c1-6-4-7(9(10,11)12)5-8(13-6)17(15,16)3-2-14/h4-5,14H,2-3H2,1H3. The lowest BCUT2D eigenvalue weighted by Crippen LogP contribution is -2.15. The van der Waals surface area contributed by atoms with E-state index in [1.807, 2.05) is 0 Å². The molecule has 0 aliphatic heterocycles. The molecule has 1 heterocycles. The fraction of sp³-hybridized carbons (Fsp3) is 0.444. The smallest absolute Gasteiger partial charge is 0.395 e. The number of nitrogens with zero attached hydrogens (tertiary/aromatic N) is 1. The zero-order chi connectivity index (χ0) is 13.3. The Bertz CT molecular complexity index is 511. The van der Waals surface area contributed by atoms with E-state index in [-0.39, 0.29) is 5.69 Å². The number of aliphatic hydroxyl groups excluding tert-OH is 1. The second-order valence-electron chi connectivity index (χ2n) is 3.38. The molecule has 0 fully saturated rings. The lowest BCUT2D eigenvalue weighted by molar-refractivity contribution is -0.137. The van der Waals surface area contributed by atoms with Gasteiger partial charge in [-0.1, -0.05) is 0 Å². The number of rotatable bonds is 3. The van der Waals surface area contributed by atoms with Gasteiger partial charge < -0.3 is 5.11 Å². The molecule has 8 heteroatoms. The summed E-state index contributed by atoms with van der Waals surface area (Å²) in [6.45, 7) is 0.604. The van der Waals surface area contributed by atoms with E-state index in [2.05, 4.69) is 4.98 Å². The number of hydrogen-bond acceptors (Lipinski definition) is 4. The van der Waals surface area contributed by atoms with Crippen LogP contribution in [0.3, 0.4) is 0 Å². The van der Waals surface area contributed by atoms with E-state index in [9.17, 15) is 21.6 Å². The molecule has 17 heavy (non-hydrogen) atoms. The molecule has 1 aromatic heterocycles. The number of hydrogen-bond donors (Lipinski definition) is 1. The van der Waals surface area contributed by atoms with Crippen LogP contribution in [0.4, 0.5) is 13.2 Å². The summed E-state index contributed by atoms with van der Waals surface area (Å²) >= 11 is 0. The van der Waals surface area contributed by atoms with E-state index in [0.717, 1.165) is 6.07 Å². The molecule has 96 valence electrons. The summed E-state index contributed by atoms with van der Waals surface area (Å²) in [5.41, 5.74) is -1.11. The van der Waals surface area contributed by atoms with Crippen molar-refractivity contribution in [3.63, 3.8) is 0 Å². The second kappa shape index (κ2) is 4.61. The van der Waals surface area contributed by atoms with Crippen molar-refractivity contribution in [1.82, 2.24) is 4.98 Å². The summed E-state index contributed by atoms with van der Waals surface area (Å²) in [4.78, 5) is 3.54. The SMILES string of the molecule is Cc1cc(C(F)(F)F)cc(S(=O)(=O)CCO)n1. The van der Waals surface area contributed by atoms with Crippen LogP contribution in [0.2, 0.25) is 0 Å². The number of pyridine rings is 1. The monoisotopic (exact) mass is 269 g/mol. The zero-order valence-electron chi connectivity index (χ0n) is 8.82. The van der Waals surface area contributed by atoms with Crippen LogP contribution in [-0.2, 0) is 16.0 Å². The highest BCUT2D eigenvalue weighted by Gasteiger charge is 2.32. The first kappa shape index (κ1) is 13.9. The number of halogens is 3. The van der Waals surface area contributed by atoms with Crippen LogP contribution >= 0.6 is 0 Å². The summed E-state index contributed by atoms with van der Waals surface area (Å²) < 4.78 is 60.3. The van der Waals surface area contributed by atoms with Gasteiger partial charge in [0, 0.05) is 5.69 Å². The highest BCUT2D eigenvalue weighted by molar-refractivity contribution is 7.91. The Balaban J connectivity index is 3.33. The van der Waals surface area contributed by atoms with Crippen molar-refractivity contribution in [3.8, 4) is 0 Å². The molecule has 0 unspecified atom stereocenters. The Morgan fingerprint density at radius 1 is 1.35 bits per heavy atom. The number of aliphatic hydroxyl groups is 1. The van der Waals surface area contributed by atoms with Crippen LogP contribution in [0.1, 0.15) is 11.3 Å². The first-order chi connectivity index (χ1) is 7.66. The molecule has 1 aromatic rings. The molecule has 4 nitrogen and oxygen atoms in total. The lowest BCUT2D eigenvalue weighted by atomic mass is 10.2. The molecular weight excluding hydrogens is 259 g/mol. The molecule has 0 spiro atoms. The number of aromatic nitrogens is 1. The third kappa shape index (κ3) is 3.40. The number of sulfone groups is 1. The van der Waals surface area contributed by atoms with Gasteiger partial charge in [-0.2, -0.15) is 13.2 Å². The van der Waals surface area contributed by atoms with Gasteiger partial charge in [-0.3, -0.25) is 0 Å². The summed E-state index contributed by atoms with van der Waals surface area (Å²) in [6, 6.07) is 1.23. The Labute approximate surface area is 96.0 Å². The molecule has 0 aliphatic rings. The second-order valence-corrected chi connectivity index (χ2v) is 5.43. The fourth-order valence-corrected chi connectivity index (χ4v) is 2.22. The Morgan fingerprint density at radius 3 is 2.41 bits per heavy atom. The molecule has 0 saturated heterocycles. The van der Waals surface area contributed by atoms with Crippen LogP contribution in [0.25, 0.3) is 0 Å². The van der Waals surface area contributed by atoms with Crippen LogP contribution < -0.4 is 0 Å². The van der Waals surface area contributed by atoms with E-state index < -0.39 is 39.0 Å². The average molecular weight is 269 g/mol. The quantitative estimate of drug-likeness (QED) is 0.894. The molecular formula is C9H10F3NO3S. The first-order valence-electron chi connectivity index (χ1n) is 4.56. The van der Waals surface area contributed by atoms with Gasteiger partial charge in [0.25, 0.3) is 0 Å². The Hall–Kier alpha value is -1.15. The summed E-state index contributed by atoms with van der Waals surface area (Å²) in [7, 11) is -3.98. The van der Waals surface area contributed by atoms with Gasteiger partial charge in [-0.15, -0.1) is 0 Å². The number of alkyl halides is 3. The topological polar surface area (TPSA) is 67.3 Å². The predicted molar refractivity (Wildman–Crippen MR) is 53.1 cm³/mol. The molecule has 0 bridgehead atoms. The summed E-state index contributed by atoms with van der Waals surface area (Å²) in [5.74, 6) is -0.652. The van der Waals surface area contributed by atoms with Crippen molar-refractivity contribution in [1.29, 1.82) is 0 Å². The third-order valence-electron chi connectivity index (χ3n) is 1.94. The average Bonchev–Trinajstić information content (AvgIpc) is 2.15. The van der Waals surface area contributed by atoms with Crippen molar-refractivity contribution < 1.29 is 26.7 Å². The van der Waals surface area contributed by atoms with Crippen LogP contribution in [0, 0.1) is 6.92 Å². The maximum Gasteiger partial charge on any atom is 0.416 e. The van der Waals surface area contributed by atoms with Gasteiger partial charge in [-0.25, -0.2) is 13.4 Å². The highest BCUT2D eigenvalue weighted by Crippen LogP contribution is 2.30. The van der Waals surface area contributed by atoms with Gasteiger partial charge >= 0.3 is 6.18 Å². The minimum Gasteiger partial charge on any atom is -0.395 e. The van der Waals surface area contributed by atoms with Gasteiger partial charge in [-0.05, 0) is 19.1 Å². The minimum absolute atomic E-state index is 0.0451. The first-order valence-corrected chi connectivity index (χ1v) is 6.21. The van der Waals surface area contributed by atoms with Crippen LogP contribution in [0.5, 0.6) is 0 Å².